The monoisotopic (exact) mass is 183 g/mol. The maximum absolute atomic E-state index is 5.93. The van der Waals surface area contributed by atoms with E-state index in [1.54, 1.807) is 0 Å². The average molecular weight is 183 g/mol. The van der Waals surface area contributed by atoms with Crippen molar-refractivity contribution in [3.63, 3.8) is 0 Å². The van der Waals surface area contributed by atoms with Gasteiger partial charge in [-0.15, -0.1) is 0 Å². The first-order chi connectivity index (χ1) is 6.03. The van der Waals surface area contributed by atoms with Gasteiger partial charge in [0.25, 0.3) is 0 Å². The van der Waals surface area contributed by atoms with Gasteiger partial charge in [0.1, 0.15) is 0 Å². The SMILES string of the molecule is CC1OCCC1C1(CN)CC1(C)C. The normalized spacial score (nSPS) is 48.0. The maximum Gasteiger partial charge on any atom is 0.0581 e. The summed E-state index contributed by atoms with van der Waals surface area (Å²) in [7, 11) is 0. The number of hydrogen-bond donors (Lipinski definition) is 1. The van der Waals surface area contributed by atoms with Crippen LogP contribution in [0.4, 0.5) is 0 Å². The van der Waals surface area contributed by atoms with Crippen LogP contribution < -0.4 is 5.73 Å². The molecule has 0 aromatic heterocycles. The zero-order valence-electron chi connectivity index (χ0n) is 8.97. The molecule has 1 saturated heterocycles. The highest BCUT2D eigenvalue weighted by molar-refractivity contribution is 5.14. The molecule has 1 saturated carbocycles. The third-order valence-electron chi connectivity index (χ3n) is 4.43. The molecule has 0 radical (unpaired) electrons. The minimum absolute atomic E-state index is 0.392. The van der Waals surface area contributed by atoms with Crippen LogP contribution in [0.2, 0.25) is 0 Å². The largest absolute Gasteiger partial charge is 0.378 e. The van der Waals surface area contributed by atoms with Crippen LogP contribution in [0.3, 0.4) is 0 Å². The standard InChI is InChI=1S/C11H21NO/c1-8-9(4-5-13-8)11(7-12)6-10(11,2)3/h8-9H,4-7,12H2,1-3H3. The van der Waals surface area contributed by atoms with Gasteiger partial charge in [0, 0.05) is 6.61 Å². The zero-order chi connectivity index (χ0) is 9.69. The van der Waals surface area contributed by atoms with Crippen molar-refractivity contribution in [2.75, 3.05) is 13.2 Å². The summed E-state index contributed by atoms with van der Waals surface area (Å²) < 4.78 is 5.63. The molecule has 0 bridgehead atoms. The number of hydrogen-bond acceptors (Lipinski definition) is 2. The van der Waals surface area contributed by atoms with Crippen molar-refractivity contribution in [1.82, 2.24) is 0 Å². The Morgan fingerprint density at radius 2 is 2.08 bits per heavy atom. The van der Waals surface area contributed by atoms with E-state index in [1.807, 2.05) is 0 Å². The molecule has 2 aliphatic rings. The molecule has 76 valence electrons. The van der Waals surface area contributed by atoms with Crippen molar-refractivity contribution in [3.05, 3.63) is 0 Å². The van der Waals surface area contributed by atoms with Crippen molar-refractivity contribution >= 4 is 0 Å². The summed E-state index contributed by atoms with van der Waals surface area (Å²) >= 11 is 0. The summed E-state index contributed by atoms with van der Waals surface area (Å²) in [4.78, 5) is 0. The van der Waals surface area contributed by atoms with E-state index in [0.717, 1.165) is 13.2 Å². The highest BCUT2D eigenvalue weighted by atomic mass is 16.5. The van der Waals surface area contributed by atoms with E-state index in [9.17, 15) is 0 Å². The van der Waals surface area contributed by atoms with Gasteiger partial charge in [0.2, 0.25) is 0 Å². The van der Waals surface area contributed by atoms with E-state index in [-0.39, 0.29) is 0 Å². The first kappa shape index (κ1) is 9.47. The highest BCUT2D eigenvalue weighted by Gasteiger charge is 2.65. The van der Waals surface area contributed by atoms with Crippen molar-refractivity contribution in [3.8, 4) is 0 Å². The lowest BCUT2D eigenvalue weighted by Crippen LogP contribution is -2.33. The maximum atomic E-state index is 5.93. The molecule has 0 spiro atoms. The van der Waals surface area contributed by atoms with E-state index in [2.05, 4.69) is 20.8 Å². The lowest BCUT2D eigenvalue weighted by atomic mass is 9.79. The molecule has 0 amide bonds. The molecule has 2 heteroatoms. The molecule has 2 rings (SSSR count). The van der Waals surface area contributed by atoms with Crippen LogP contribution in [0.5, 0.6) is 0 Å². The topological polar surface area (TPSA) is 35.2 Å². The fraction of sp³-hybridized carbons (Fsp3) is 1.00. The Morgan fingerprint density at radius 3 is 2.38 bits per heavy atom. The summed E-state index contributed by atoms with van der Waals surface area (Å²) in [5.41, 5.74) is 6.78. The van der Waals surface area contributed by atoms with E-state index < -0.39 is 0 Å². The van der Waals surface area contributed by atoms with Gasteiger partial charge in [-0.3, -0.25) is 0 Å². The summed E-state index contributed by atoms with van der Waals surface area (Å²) in [6, 6.07) is 0. The van der Waals surface area contributed by atoms with Crippen LogP contribution in [0.25, 0.3) is 0 Å². The van der Waals surface area contributed by atoms with Crippen molar-refractivity contribution in [2.45, 2.75) is 39.7 Å². The van der Waals surface area contributed by atoms with Crippen LogP contribution in [0.1, 0.15) is 33.6 Å². The Hall–Kier alpha value is -0.0800. The lowest BCUT2D eigenvalue weighted by molar-refractivity contribution is 0.0778. The molecule has 2 fully saturated rings. The smallest absolute Gasteiger partial charge is 0.0581 e. The van der Waals surface area contributed by atoms with Gasteiger partial charge in [-0.25, -0.2) is 0 Å². The fourth-order valence-electron chi connectivity index (χ4n) is 3.33. The van der Waals surface area contributed by atoms with Crippen LogP contribution in [0, 0.1) is 16.7 Å². The number of ether oxygens (including phenoxy) is 1. The van der Waals surface area contributed by atoms with Crippen molar-refractivity contribution < 1.29 is 4.74 Å². The van der Waals surface area contributed by atoms with E-state index in [1.165, 1.54) is 12.8 Å². The zero-order valence-corrected chi connectivity index (χ0v) is 8.97. The Balaban J connectivity index is 2.15. The van der Waals surface area contributed by atoms with Crippen molar-refractivity contribution in [2.24, 2.45) is 22.5 Å². The number of rotatable bonds is 2. The highest BCUT2D eigenvalue weighted by Crippen LogP contribution is 2.68. The van der Waals surface area contributed by atoms with Gasteiger partial charge in [-0.05, 0) is 43.1 Å². The fourth-order valence-corrected chi connectivity index (χ4v) is 3.33. The molecule has 3 atom stereocenters. The molecule has 0 aromatic carbocycles. The van der Waals surface area contributed by atoms with Crippen LogP contribution in [-0.2, 0) is 4.74 Å². The van der Waals surface area contributed by atoms with E-state index >= 15 is 0 Å². The van der Waals surface area contributed by atoms with Crippen LogP contribution >= 0.6 is 0 Å². The number of nitrogens with two attached hydrogens (primary N) is 1. The van der Waals surface area contributed by atoms with E-state index in [4.69, 9.17) is 10.5 Å². The summed E-state index contributed by atoms with van der Waals surface area (Å²) in [5, 5.41) is 0. The molecule has 2 N–H and O–H groups in total. The minimum Gasteiger partial charge on any atom is -0.378 e. The Kier molecular flexibility index (Phi) is 1.97. The summed E-state index contributed by atoms with van der Waals surface area (Å²) in [5.74, 6) is 0.701. The Morgan fingerprint density at radius 1 is 1.46 bits per heavy atom. The Labute approximate surface area is 80.8 Å². The molecule has 3 unspecified atom stereocenters. The van der Waals surface area contributed by atoms with Gasteiger partial charge in [0.05, 0.1) is 6.10 Å². The van der Waals surface area contributed by atoms with Crippen LogP contribution in [0.15, 0.2) is 0 Å². The average Bonchev–Trinajstić information content (AvgIpc) is 2.43. The predicted molar refractivity (Wildman–Crippen MR) is 53.4 cm³/mol. The lowest BCUT2D eigenvalue weighted by Gasteiger charge is -2.28. The molecule has 13 heavy (non-hydrogen) atoms. The summed E-state index contributed by atoms with van der Waals surface area (Å²) in [6.45, 7) is 8.64. The third-order valence-corrected chi connectivity index (χ3v) is 4.43. The second-order valence-electron chi connectivity index (χ2n) is 5.39. The molecule has 1 aliphatic heterocycles. The molecular formula is C11H21NO. The molecule has 0 aromatic rings. The molecule has 1 heterocycles. The Bertz CT molecular complexity index is 214. The summed E-state index contributed by atoms with van der Waals surface area (Å²) in [6.07, 6.45) is 2.92. The molecule has 2 nitrogen and oxygen atoms in total. The van der Waals surface area contributed by atoms with Gasteiger partial charge < -0.3 is 10.5 Å². The second kappa shape index (κ2) is 2.71. The van der Waals surface area contributed by atoms with E-state index in [0.29, 0.717) is 22.9 Å². The second-order valence-corrected chi connectivity index (χ2v) is 5.39. The first-order valence-corrected chi connectivity index (χ1v) is 5.35. The van der Waals surface area contributed by atoms with Gasteiger partial charge in [-0.1, -0.05) is 13.8 Å². The van der Waals surface area contributed by atoms with Gasteiger partial charge >= 0.3 is 0 Å². The first-order valence-electron chi connectivity index (χ1n) is 5.35. The third kappa shape index (κ3) is 1.15. The minimum atomic E-state index is 0.392. The quantitative estimate of drug-likeness (QED) is 0.708. The van der Waals surface area contributed by atoms with Gasteiger partial charge in [-0.2, -0.15) is 0 Å². The molecule has 1 aliphatic carbocycles. The predicted octanol–water partition coefficient (Wildman–Crippen LogP) is 1.79. The van der Waals surface area contributed by atoms with Crippen molar-refractivity contribution in [1.29, 1.82) is 0 Å². The van der Waals surface area contributed by atoms with Crippen LogP contribution in [-0.4, -0.2) is 19.3 Å². The van der Waals surface area contributed by atoms with Gasteiger partial charge in [0.15, 0.2) is 0 Å². The molecular weight excluding hydrogens is 162 g/mol.